The van der Waals surface area contributed by atoms with Gasteiger partial charge in [0.2, 0.25) is 5.91 Å². The second-order valence-electron chi connectivity index (χ2n) is 10.8. The molecule has 1 unspecified atom stereocenters. The molecule has 0 heterocycles. The predicted molar refractivity (Wildman–Crippen MR) is 121 cm³/mol. The molecule has 5 rings (SSSR count). The average molecular weight is 424 g/mol. The summed E-state index contributed by atoms with van der Waals surface area (Å²) < 4.78 is 5.46. The molecule has 4 aliphatic carbocycles. The quantitative estimate of drug-likeness (QED) is 0.615. The molecule has 1 aromatic carbocycles. The topological polar surface area (TPSA) is 55.4 Å². The zero-order valence-corrected chi connectivity index (χ0v) is 19.1. The number of methoxy groups -OCH3 is 1. The van der Waals surface area contributed by atoms with E-state index in [0.29, 0.717) is 41.9 Å². The van der Waals surface area contributed by atoms with Crippen molar-refractivity contribution in [3.05, 3.63) is 29.3 Å². The summed E-state index contributed by atoms with van der Waals surface area (Å²) in [5, 5.41) is 3.09. The fourth-order valence-corrected chi connectivity index (χ4v) is 7.23. The Morgan fingerprint density at radius 3 is 2.81 bits per heavy atom. The first-order valence-corrected chi connectivity index (χ1v) is 12.5. The van der Waals surface area contributed by atoms with Crippen LogP contribution in [0, 0.1) is 23.2 Å². The van der Waals surface area contributed by atoms with E-state index in [0.717, 1.165) is 63.5 Å². The number of Topliss-reactive ketones (excluding diaryl/α,β-unsaturated/α-hetero) is 1. The van der Waals surface area contributed by atoms with Crippen LogP contribution in [0.3, 0.4) is 0 Å². The van der Waals surface area contributed by atoms with Crippen LogP contribution in [0.1, 0.15) is 88.2 Å². The second kappa shape index (κ2) is 8.26. The number of ketones is 1. The van der Waals surface area contributed by atoms with Crippen molar-refractivity contribution in [2.45, 2.75) is 89.5 Å². The van der Waals surface area contributed by atoms with Gasteiger partial charge in [-0.3, -0.25) is 9.59 Å². The van der Waals surface area contributed by atoms with Crippen LogP contribution in [-0.2, 0) is 16.0 Å². The Bertz CT molecular complexity index is 860. The van der Waals surface area contributed by atoms with Crippen molar-refractivity contribution in [2.75, 3.05) is 7.11 Å². The third-order valence-corrected chi connectivity index (χ3v) is 8.95. The molecule has 4 aliphatic rings. The molecule has 0 aliphatic heterocycles. The molecular formula is C27H37NO3. The van der Waals surface area contributed by atoms with Crippen LogP contribution in [-0.4, -0.2) is 24.8 Å². The van der Waals surface area contributed by atoms with Gasteiger partial charge in [-0.1, -0.05) is 19.4 Å². The number of amides is 1. The third kappa shape index (κ3) is 3.91. The highest BCUT2D eigenvalue weighted by molar-refractivity contribution is 5.87. The van der Waals surface area contributed by atoms with Crippen LogP contribution in [0.15, 0.2) is 18.2 Å². The lowest BCUT2D eigenvalue weighted by atomic mass is 9.54. The number of hydrogen-bond acceptors (Lipinski definition) is 3. The van der Waals surface area contributed by atoms with Gasteiger partial charge in [-0.15, -0.1) is 0 Å². The Morgan fingerprint density at radius 1 is 1.19 bits per heavy atom. The molecule has 0 aromatic heterocycles. The maximum Gasteiger partial charge on any atom is 0.220 e. The van der Waals surface area contributed by atoms with Gasteiger partial charge in [0.05, 0.1) is 7.11 Å². The molecule has 3 saturated carbocycles. The van der Waals surface area contributed by atoms with E-state index in [4.69, 9.17) is 4.74 Å². The van der Waals surface area contributed by atoms with E-state index in [-0.39, 0.29) is 11.3 Å². The number of rotatable bonds is 7. The number of benzene rings is 1. The van der Waals surface area contributed by atoms with Crippen molar-refractivity contribution < 1.29 is 14.3 Å². The van der Waals surface area contributed by atoms with Crippen LogP contribution in [0.4, 0.5) is 0 Å². The minimum atomic E-state index is -0.126. The van der Waals surface area contributed by atoms with Crippen molar-refractivity contribution in [1.29, 1.82) is 0 Å². The SMILES string of the molecule is COc1ccc2c(c1)CCC1[C@@H]2CC[C@]2(C)C(=O)C[C@@H](CCCCC(=O)NC3CC3)[C@@H]12. The number of aryl methyl sites for hydroxylation is 1. The maximum atomic E-state index is 13.1. The van der Waals surface area contributed by atoms with E-state index >= 15 is 0 Å². The molecule has 1 amide bonds. The van der Waals surface area contributed by atoms with Crippen LogP contribution < -0.4 is 10.1 Å². The standard InChI is InChI=1S/C27H37NO3/c1-27-14-13-22-21-12-10-20(31-2)15-17(21)7-11-23(22)26(27)18(16-24(27)29)5-3-4-6-25(30)28-19-8-9-19/h10,12,15,18-19,22-23,26H,3-9,11,13-14,16H2,1-2H3,(H,28,30)/t18-,22-,23?,26+,27-/m1/s1. The van der Waals surface area contributed by atoms with E-state index in [1.165, 1.54) is 17.5 Å². The van der Waals surface area contributed by atoms with E-state index < -0.39 is 0 Å². The molecule has 0 spiro atoms. The van der Waals surface area contributed by atoms with E-state index in [9.17, 15) is 9.59 Å². The number of hydrogen-bond donors (Lipinski definition) is 1. The monoisotopic (exact) mass is 423 g/mol. The summed E-state index contributed by atoms with van der Waals surface area (Å²) in [7, 11) is 1.74. The summed E-state index contributed by atoms with van der Waals surface area (Å²) in [6.45, 7) is 2.27. The largest absolute Gasteiger partial charge is 0.497 e. The Balaban J connectivity index is 1.27. The van der Waals surface area contributed by atoms with Gasteiger partial charge < -0.3 is 10.1 Å². The number of unbranched alkanes of at least 4 members (excludes halogenated alkanes) is 1. The van der Waals surface area contributed by atoms with Crippen molar-refractivity contribution >= 4 is 11.7 Å². The number of carbonyl (C=O) groups is 2. The summed E-state index contributed by atoms with van der Waals surface area (Å²) in [5.41, 5.74) is 2.83. The van der Waals surface area contributed by atoms with Gasteiger partial charge in [0.1, 0.15) is 11.5 Å². The van der Waals surface area contributed by atoms with E-state index in [1.807, 2.05) is 0 Å². The normalized spacial score (nSPS) is 33.9. The number of carbonyl (C=O) groups excluding carboxylic acids is 2. The molecule has 4 nitrogen and oxygen atoms in total. The summed E-state index contributed by atoms with van der Waals surface area (Å²) in [4.78, 5) is 25.1. The lowest BCUT2D eigenvalue weighted by Crippen LogP contribution is -2.44. The summed E-state index contributed by atoms with van der Waals surface area (Å²) in [6, 6.07) is 7.08. The molecular weight excluding hydrogens is 386 g/mol. The Kier molecular flexibility index (Phi) is 5.60. The highest BCUT2D eigenvalue weighted by Crippen LogP contribution is 2.62. The van der Waals surface area contributed by atoms with Gasteiger partial charge in [0.25, 0.3) is 0 Å². The van der Waals surface area contributed by atoms with Gasteiger partial charge in [0.15, 0.2) is 0 Å². The van der Waals surface area contributed by atoms with Crippen LogP contribution in [0.2, 0.25) is 0 Å². The molecule has 4 heteroatoms. The summed E-state index contributed by atoms with van der Waals surface area (Å²) in [5.74, 6) is 3.89. The summed E-state index contributed by atoms with van der Waals surface area (Å²) >= 11 is 0. The molecule has 5 atom stereocenters. The number of fused-ring (bicyclic) bond motifs is 5. The molecule has 168 valence electrons. The fraction of sp³-hybridized carbons (Fsp3) is 0.704. The molecule has 0 radical (unpaired) electrons. The molecule has 0 bridgehead atoms. The number of ether oxygens (including phenoxy) is 1. The first-order valence-electron chi connectivity index (χ1n) is 12.5. The predicted octanol–water partition coefficient (Wildman–Crippen LogP) is 5.19. The highest BCUT2D eigenvalue weighted by Gasteiger charge is 2.58. The third-order valence-electron chi connectivity index (χ3n) is 8.95. The van der Waals surface area contributed by atoms with Crippen LogP contribution in [0.25, 0.3) is 0 Å². The van der Waals surface area contributed by atoms with Crippen LogP contribution in [0.5, 0.6) is 5.75 Å². The van der Waals surface area contributed by atoms with Crippen molar-refractivity contribution in [1.82, 2.24) is 5.32 Å². The zero-order valence-electron chi connectivity index (χ0n) is 19.1. The Labute approximate surface area is 186 Å². The lowest BCUT2D eigenvalue weighted by Gasteiger charge is -2.50. The minimum absolute atomic E-state index is 0.126. The second-order valence-corrected chi connectivity index (χ2v) is 10.8. The zero-order chi connectivity index (χ0) is 21.6. The molecule has 1 aromatic rings. The minimum Gasteiger partial charge on any atom is -0.497 e. The van der Waals surface area contributed by atoms with Crippen molar-refractivity contribution in [3.63, 3.8) is 0 Å². The molecule has 0 saturated heterocycles. The van der Waals surface area contributed by atoms with Gasteiger partial charge in [0, 0.05) is 24.3 Å². The van der Waals surface area contributed by atoms with Crippen LogP contribution >= 0.6 is 0 Å². The lowest BCUT2D eigenvalue weighted by molar-refractivity contribution is -0.129. The Morgan fingerprint density at radius 2 is 2.03 bits per heavy atom. The summed E-state index contributed by atoms with van der Waals surface area (Å²) in [6.07, 6.45) is 11.3. The highest BCUT2D eigenvalue weighted by atomic mass is 16.5. The first-order chi connectivity index (χ1) is 15.0. The smallest absolute Gasteiger partial charge is 0.220 e. The van der Waals surface area contributed by atoms with E-state index in [1.54, 1.807) is 7.11 Å². The average Bonchev–Trinajstić information content (AvgIpc) is 3.54. The van der Waals surface area contributed by atoms with E-state index in [2.05, 4.69) is 30.4 Å². The fourth-order valence-electron chi connectivity index (χ4n) is 7.23. The van der Waals surface area contributed by atoms with Gasteiger partial charge >= 0.3 is 0 Å². The molecule has 31 heavy (non-hydrogen) atoms. The Hall–Kier alpha value is -1.84. The van der Waals surface area contributed by atoms with Gasteiger partial charge in [-0.25, -0.2) is 0 Å². The molecule has 3 fully saturated rings. The maximum absolute atomic E-state index is 13.1. The van der Waals surface area contributed by atoms with Crippen molar-refractivity contribution in [2.24, 2.45) is 23.2 Å². The first kappa shape index (κ1) is 21.0. The van der Waals surface area contributed by atoms with Gasteiger partial charge in [-0.2, -0.15) is 0 Å². The molecule has 1 N–H and O–H groups in total. The van der Waals surface area contributed by atoms with Crippen molar-refractivity contribution in [3.8, 4) is 5.75 Å². The number of nitrogens with one attached hydrogen (secondary N) is 1. The van der Waals surface area contributed by atoms with Gasteiger partial charge in [-0.05, 0) is 98.3 Å².